The van der Waals surface area contributed by atoms with Gasteiger partial charge in [0.1, 0.15) is 11.5 Å². The van der Waals surface area contributed by atoms with Crippen LogP contribution < -0.4 is 24.6 Å². The molecule has 0 fully saturated rings. The van der Waals surface area contributed by atoms with Crippen molar-refractivity contribution >= 4 is 35.0 Å². The van der Waals surface area contributed by atoms with E-state index in [4.69, 9.17) is 25.6 Å². The van der Waals surface area contributed by atoms with Gasteiger partial charge in [0.05, 0.1) is 25.2 Å². The van der Waals surface area contributed by atoms with Gasteiger partial charge in [0.2, 0.25) is 11.6 Å². The van der Waals surface area contributed by atoms with Gasteiger partial charge < -0.3 is 24.4 Å². The van der Waals surface area contributed by atoms with Crippen molar-refractivity contribution in [2.75, 3.05) is 25.3 Å². The first kappa shape index (κ1) is 21.8. The van der Waals surface area contributed by atoms with Crippen LogP contribution in [0.15, 0.2) is 45.9 Å². The molecule has 0 aliphatic rings. The first-order valence-corrected chi connectivity index (χ1v) is 10.3. The Balaban J connectivity index is 1.64. The topological polar surface area (TPSA) is 101 Å². The van der Waals surface area contributed by atoms with E-state index in [1.165, 1.54) is 23.6 Å². The molecule has 0 spiro atoms. The Morgan fingerprint density at radius 2 is 2.00 bits per heavy atom. The third-order valence-corrected chi connectivity index (χ3v) is 5.64. The second kappa shape index (κ2) is 9.73. The number of anilines is 1. The molecule has 1 N–H and O–H groups in total. The Kier molecular flexibility index (Phi) is 7.07. The van der Waals surface area contributed by atoms with Crippen molar-refractivity contribution in [3.63, 3.8) is 0 Å². The minimum Gasteiger partial charge on any atom is -0.538 e. The predicted molar refractivity (Wildman–Crippen MR) is 111 cm³/mol. The molecule has 1 heterocycles. The zero-order chi connectivity index (χ0) is 21.7. The maximum atomic E-state index is 12.4. The SMILES string of the molecule is COc1ccc(-[n+]2noc([O-])c2SCCC(=O)Nc2cc(C)c(Cl)cc2OC)cc1. The number of ether oxygens (including phenoxy) is 2. The molecule has 0 atom stereocenters. The van der Waals surface area contributed by atoms with E-state index in [-0.39, 0.29) is 17.4 Å². The minimum atomic E-state index is -0.564. The fraction of sp³-hybridized carbons (Fsp3) is 0.250. The van der Waals surface area contributed by atoms with Gasteiger partial charge in [-0.25, -0.2) is 0 Å². The van der Waals surface area contributed by atoms with Crippen molar-refractivity contribution in [3.05, 3.63) is 47.0 Å². The molecule has 0 aliphatic heterocycles. The summed E-state index contributed by atoms with van der Waals surface area (Å²) >= 11 is 7.28. The summed E-state index contributed by atoms with van der Waals surface area (Å²) in [6.07, 6.45) is 0.169. The number of aromatic nitrogens is 2. The van der Waals surface area contributed by atoms with Crippen LogP contribution in [-0.2, 0) is 4.79 Å². The molecule has 0 saturated heterocycles. The van der Waals surface area contributed by atoms with Crippen LogP contribution in [0.1, 0.15) is 12.0 Å². The monoisotopic (exact) mass is 449 g/mol. The van der Waals surface area contributed by atoms with Crippen molar-refractivity contribution < 1.29 is 28.6 Å². The molecule has 0 radical (unpaired) electrons. The number of amides is 1. The van der Waals surface area contributed by atoms with Gasteiger partial charge in [-0.3, -0.25) is 4.79 Å². The molecule has 0 bridgehead atoms. The Morgan fingerprint density at radius 3 is 2.67 bits per heavy atom. The standard InChI is InChI=1S/C20H20ClN3O5S/c1-12-10-16(17(28-3)11-15(12)21)22-18(25)8-9-30-19-20(26)29-23-24(19)13-4-6-14(27-2)7-5-13/h4-7,10-11H,8-9H2,1-3H3,(H-,22,23,25,26). The van der Waals surface area contributed by atoms with Crippen LogP contribution in [0.4, 0.5) is 5.69 Å². The summed E-state index contributed by atoms with van der Waals surface area (Å²) in [5.41, 5.74) is 2.01. The lowest BCUT2D eigenvalue weighted by molar-refractivity contribution is -0.705. The number of carbonyl (C=O) groups excluding carboxylic acids is 1. The van der Waals surface area contributed by atoms with E-state index < -0.39 is 5.95 Å². The highest BCUT2D eigenvalue weighted by Gasteiger charge is 2.21. The van der Waals surface area contributed by atoms with Gasteiger partial charge in [-0.15, -0.1) is 0 Å². The number of aryl methyl sites for hydroxylation is 1. The molecule has 3 rings (SSSR count). The van der Waals surface area contributed by atoms with Gasteiger partial charge in [0.25, 0.3) is 5.03 Å². The molecule has 8 nitrogen and oxygen atoms in total. The van der Waals surface area contributed by atoms with E-state index in [0.29, 0.717) is 33.6 Å². The van der Waals surface area contributed by atoms with E-state index >= 15 is 0 Å². The lowest BCUT2D eigenvalue weighted by Gasteiger charge is -2.12. The highest BCUT2D eigenvalue weighted by atomic mass is 35.5. The van der Waals surface area contributed by atoms with Gasteiger partial charge in [-0.05, 0) is 35.4 Å². The predicted octanol–water partition coefficient (Wildman–Crippen LogP) is 3.12. The summed E-state index contributed by atoms with van der Waals surface area (Å²) in [5, 5.41) is 19.5. The van der Waals surface area contributed by atoms with Crippen molar-refractivity contribution in [1.29, 1.82) is 0 Å². The number of hydrogen-bond donors (Lipinski definition) is 1. The van der Waals surface area contributed by atoms with Crippen LogP contribution in [0.25, 0.3) is 5.69 Å². The fourth-order valence-electron chi connectivity index (χ4n) is 2.63. The highest BCUT2D eigenvalue weighted by molar-refractivity contribution is 7.99. The number of benzene rings is 2. The van der Waals surface area contributed by atoms with Gasteiger partial charge in [0.15, 0.2) is 5.95 Å². The average molecular weight is 450 g/mol. The molecule has 0 unspecified atom stereocenters. The summed E-state index contributed by atoms with van der Waals surface area (Å²) < 4.78 is 16.6. The van der Waals surface area contributed by atoms with Crippen LogP contribution in [0, 0.1) is 6.92 Å². The second-order valence-electron chi connectivity index (χ2n) is 6.22. The third kappa shape index (κ3) is 4.98. The molecule has 158 valence electrons. The fourth-order valence-corrected chi connectivity index (χ4v) is 3.68. The van der Waals surface area contributed by atoms with E-state index in [2.05, 4.69) is 10.6 Å². The van der Waals surface area contributed by atoms with Gasteiger partial charge in [-0.2, -0.15) is 0 Å². The van der Waals surface area contributed by atoms with E-state index in [0.717, 1.165) is 5.56 Å². The summed E-state index contributed by atoms with van der Waals surface area (Å²) in [6.45, 7) is 1.84. The normalized spacial score (nSPS) is 10.7. The van der Waals surface area contributed by atoms with Gasteiger partial charge in [0, 0.05) is 35.4 Å². The second-order valence-corrected chi connectivity index (χ2v) is 7.71. The number of rotatable bonds is 8. The van der Waals surface area contributed by atoms with Crippen molar-refractivity contribution in [2.24, 2.45) is 0 Å². The van der Waals surface area contributed by atoms with Crippen LogP contribution in [-0.4, -0.2) is 31.2 Å². The quantitative estimate of drug-likeness (QED) is 0.416. The number of hydrogen-bond acceptors (Lipinski definition) is 7. The molecule has 1 aromatic heterocycles. The average Bonchev–Trinajstić information content (AvgIpc) is 3.11. The minimum absolute atomic E-state index is 0.169. The summed E-state index contributed by atoms with van der Waals surface area (Å²) in [7, 11) is 3.08. The summed E-state index contributed by atoms with van der Waals surface area (Å²) in [4.78, 5) is 12.4. The molecular formula is C20H20ClN3O5S. The zero-order valence-corrected chi connectivity index (χ0v) is 18.2. The molecule has 1 amide bonds. The van der Waals surface area contributed by atoms with E-state index in [1.807, 2.05) is 6.92 Å². The smallest absolute Gasteiger partial charge is 0.297 e. The molecule has 3 aromatic rings. The summed E-state index contributed by atoms with van der Waals surface area (Å²) in [6, 6.07) is 10.4. The van der Waals surface area contributed by atoms with Crippen LogP contribution >= 0.6 is 23.4 Å². The number of thioether (sulfide) groups is 1. The third-order valence-electron chi connectivity index (χ3n) is 4.21. The molecular weight excluding hydrogens is 430 g/mol. The van der Waals surface area contributed by atoms with Crippen molar-refractivity contribution in [1.82, 2.24) is 5.27 Å². The van der Waals surface area contributed by atoms with E-state index in [9.17, 15) is 9.90 Å². The first-order valence-electron chi connectivity index (χ1n) is 8.93. The zero-order valence-electron chi connectivity index (χ0n) is 16.6. The Bertz CT molecular complexity index is 1040. The molecule has 2 aromatic carbocycles. The Labute approximate surface area is 182 Å². The molecule has 10 heteroatoms. The van der Waals surface area contributed by atoms with Crippen molar-refractivity contribution in [2.45, 2.75) is 18.4 Å². The number of carbonyl (C=O) groups is 1. The van der Waals surface area contributed by atoms with Crippen LogP contribution in [0.2, 0.25) is 5.02 Å². The van der Waals surface area contributed by atoms with Crippen molar-refractivity contribution in [3.8, 4) is 23.1 Å². The molecule has 0 saturated carbocycles. The number of halogens is 1. The lowest BCUT2D eigenvalue weighted by Crippen LogP contribution is -2.34. The maximum absolute atomic E-state index is 12.4. The van der Waals surface area contributed by atoms with Crippen LogP contribution in [0.3, 0.4) is 0 Å². The summed E-state index contributed by atoms with van der Waals surface area (Å²) in [5.74, 6) is 0.732. The molecule has 30 heavy (non-hydrogen) atoms. The lowest BCUT2D eigenvalue weighted by atomic mass is 10.2. The van der Waals surface area contributed by atoms with Gasteiger partial charge >= 0.3 is 0 Å². The largest absolute Gasteiger partial charge is 0.538 e. The Morgan fingerprint density at radius 1 is 1.27 bits per heavy atom. The van der Waals surface area contributed by atoms with Crippen LogP contribution in [0.5, 0.6) is 17.4 Å². The highest BCUT2D eigenvalue weighted by Crippen LogP contribution is 2.31. The number of methoxy groups -OCH3 is 2. The van der Waals surface area contributed by atoms with Gasteiger partial charge in [-0.1, -0.05) is 23.4 Å². The van der Waals surface area contributed by atoms with E-state index in [1.54, 1.807) is 43.5 Å². The first-order chi connectivity index (χ1) is 14.4. The Hall–Kier alpha value is -2.91. The number of nitrogens with zero attached hydrogens (tertiary/aromatic N) is 2. The molecule has 0 aliphatic carbocycles. The maximum Gasteiger partial charge on any atom is 0.297 e. The number of nitrogens with one attached hydrogen (secondary N) is 1.